The minimum Gasteiger partial charge on any atom is -0.317 e. The molecule has 2 aromatic rings. The summed E-state index contributed by atoms with van der Waals surface area (Å²) >= 11 is 0. The van der Waals surface area contributed by atoms with Gasteiger partial charge in [0.15, 0.2) is 5.82 Å². The predicted octanol–water partition coefficient (Wildman–Crippen LogP) is 1.27. The fourth-order valence-electron chi connectivity index (χ4n) is 2.67. The molecule has 0 unspecified atom stereocenters. The fourth-order valence-corrected chi connectivity index (χ4v) is 2.67. The summed E-state index contributed by atoms with van der Waals surface area (Å²) in [6, 6.07) is 10.6. The number of para-hydroxylation sites is 1. The minimum absolute atomic E-state index is 0. The molecule has 0 saturated carbocycles. The van der Waals surface area contributed by atoms with Gasteiger partial charge in [0.25, 0.3) is 0 Å². The van der Waals surface area contributed by atoms with Gasteiger partial charge in [-0.15, -0.1) is 17.5 Å². The number of nitrogens with one attached hydrogen (secondary N) is 1. The Labute approximate surface area is 130 Å². The van der Waals surface area contributed by atoms with Crippen molar-refractivity contribution < 1.29 is 0 Å². The van der Waals surface area contributed by atoms with Crippen LogP contribution in [0.2, 0.25) is 0 Å². The molecule has 0 spiro atoms. The van der Waals surface area contributed by atoms with Crippen molar-refractivity contribution >= 4 is 12.4 Å². The lowest BCUT2D eigenvalue weighted by Gasteiger charge is -2.31. The maximum atomic E-state index is 4.17. The standard InChI is InChI=1S/C14H20N6.ClH/c1-19(12-7-9-15-10-8-12)11-14-16-17-18-20(14)13-5-3-2-4-6-13;/h2-6,12,15H,7-11H2,1H3;1H. The lowest BCUT2D eigenvalue weighted by molar-refractivity contribution is 0.186. The molecule has 6 nitrogen and oxygen atoms in total. The molecular weight excluding hydrogens is 288 g/mol. The highest BCUT2D eigenvalue weighted by Gasteiger charge is 2.20. The average molecular weight is 309 g/mol. The van der Waals surface area contributed by atoms with E-state index in [4.69, 9.17) is 0 Å². The number of hydrogen-bond donors (Lipinski definition) is 1. The van der Waals surface area contributed by atoms with Gasteiger partial charge in [-0.25, -0.2) is 0 Å². The summed E-state index contributed by atoms with van der Waals surface area (Å²) in [6.07, 6.45) is 2.37. The monoisotopic (exact) mass is 308 g/mol. The third kappa shape index (κ3) is 3.78. The first-order chi connectivity index (χ1) is 9.84. The van der Waals surface area contributed by atoms with Gasteiger partial charge in [0.2, 0.25) is 0 Å². The van der Waals surface area contributed by atoms with E-state index in [1.54, 1.807) is 0 Å². The highest BCUT2D eigenvalue weighted by molar-refractivity contribution is 5.85. The van der Waals surface area contributed by atoms with Crippen molar-refractivity contribution in [3.63, 3.8) is 0 Å². The smallest absolute Gasteiger partial charge is 0.170 e. The summed E-state index contributed by atoms with van der Waals surface area (Å²) in [5, 5.41) is 15.5. The van der Waals surface area contributed by atoms with Gasteiger partial charge in [0.1, 0.15) is 0 Å². The fraction of sp³-hybridized carbons (Fsp3) is 0.500. The highest BCUT2D eigenvalue weighted by Crippen LogP contribution is 2.14. The van der Waals surface area contributed by atoms with Crippen LogP contribution in [0.3, 0.4) is 0 Å². The molecule has 0 radical (unpaired) electrons. The van der Waals surface area contributed by atoms with E-state index in [0.717, 1.165) is 31.1 Å². The molecule has 7 heteroatoms. The molecule has 1 saturated heterocycles. The lowest BCUT2D eigenvalue weighted by Crippen LogP contribution is -2.41. The summed E-state index contributed by atoms with van der Waals surface area (Å²) in [7, 11) is 2.15. The van der Waals surface area contributed by atoms with Crippen LogP contribution in [0.4, 0.5) is 0 Å². The molecule has 1 aromatic heterocycles. The molecule has 0 aliphatic carbocycles. The summed E-state index contributed by atoms with van der Waals surface area (Å²) in [5.41, 5.74) is 1.01. The Kier molecular flexibility index (Phi) is 5.67. The Morgan fingerprint density at radius 1 is 1.24 bits per heavy atom. The zero-order valence-corrected chi connectivity index (χ0v) is 13.0. The average Bonchev–Trinajstić information content (AvgIpc) is 2.97. The van der Waals surface area contributed by atoms with Crippen LogP contribution in [-0.4, -0.2) is 51.3 Å². The van der Waals surface area contributed by atoms with Gasteiger partial charge in [-0.05, 0) is 55.5 Å². The number of halogens is 1. The van der Waals surface area contributed by atoms with E-state index in [0.29, 0.717) is 6.04 Å². The number of tetrazole rings is 1. The first-order valence-electron chi connectivity index (χ1n) is 7.08. The van der Waals surface area contributed by atoms with Gasteiger partial charge >= 0.3 is 0 Å². The molecule has 1 aliphatic heterocycles. The van der Waals surface area contributed by atoms with Crippen molar-refractivity contribution in [1.29, 1.82) is 0 Å². The predicted molar refractivity (Wildman–Crippen MR) is 83.8 cm³/mol. The van der Waals surface area contributed by atoms with Crippen LogP contribution in [0.5, 0.6) is 0 Å². The van der Waals surface area contributed by atoms with Gasteiger partial charge in [-0.1, -0.05) is 18.2 Å². The van der Waals surface area contributed by atoms with E-state index < -0.39 is 0 Å². The second-order valence-corrected chi connectivity index (χ2v) is 5.24. The topological polar surface area (TPSA) is 58.9 Å². The Morgan fingerprint density at radius 3 is 2.67 bits per heavy atom. The second-order valence-electron chi connectivity index (χ2n) is 5.24. The zero-order valence-electron chi connectivity index (χ0n) is 12.1. The SMILES string of the molecule is CN(Cc1nnnn1-c1ccccc1)C1CCNCC1.Cl. The maximum absolute atomic E-state index is 4.17. The number of nitrogens with zero attached hydrogens (tertiary/aromatic N) is 5. The van der Waals surface area contributed by atoms with Crippen LogP contribution in [0.1, 0.15) is 18.7 Å². The van der Waals surface area contributed by atoms with Crippen LogP contribution >= 0.6 is 12.4 Å². The van der Waals surface area contributed by atoms with E-state index in [-0.39, 0.29) is 12.4 Å². The Balaban J connectivity index is 0.00000161. The van der Waals surface area contributed by atoms with E-state index in [1.165, 1.54) is 12.8 Å². The van der Waals surface area contributed by atoms with Crippen LogP contribution in [0.25, 0.3) is 5.69 Å². The van der Waals surface area contributed by atoms with E-state index >= 15 is 0 Å². The third-order valence-electron chi connectivity index (χ3n) is 3.86. The minimum atomic E-state index is 0. The number of rotatable bonds is 4. The first kappa shape index (κ1) is 15.9. The van der Waals surface area contributed by atoms with Crippen molar-refractivity contribution in [1.82, 2.24) is 30.4 Å². The first-order valence-corrected chi connectivity index (χ1v) is 7.08. The molecule has 21 heavy (non-hydrogen) atoms. The molecule has 1 N–H and O–H groups in total. The third-order valence-corrected chi connectivity index (χ3v) is 3.86. The van der Waals surface area contributed by atoms with Gasteiger partial charge in [0, 0.05) is 6.04 Å². The van der Waals surface area contributed by atoms with E-state index in [9.17, 15) is 0 Å². The zero-order chi connectivity index (χ0) is 13.8. The number of aromatic nitrogens is 4. The van der Waals surface area contributed by atoms with Crippen molar-refractivity contribution in [3.05, 3.63) is 36.2 Å². The summed E-state index contributed by atoms with van der Waals surface area (Å²) in [6.45, 7) is 2.96. The quantitative estimate of drug-likeness (QED) is 0.922. The molecule has 2 heterocycles. The van der Waals surface area contributed by atoms with Crippen molar-refractivity contribution in [2.75, 3.05) is 20.1 Å². The van der Waals surface area contributed by atoms with Crippen LogP contribution in [0, 0.1) is 0 Å². The van der Waals surface area contributed by atoms with E-state index in [1.807, 2.05) is 35.0 Å². The molecule has 0 atom stereocenters. The van der Waals surface area contributed by atoms with Gasteiger partial charge < -0.3 is 5.32 Å². The summed E-state index contributed by atoms with van der Waals surface area (Å²) < 4.78 is 1.82. The molecule has 0 bridgehead atoms. The van der Waals surface area contributed by atoms with Gasteiger partial charge in [-0.2, -0.15) is 4.68 Å². The van der Waals surface area contributed by atoms with Gasteiger partial charge in [0.05, 0.1) is 12.2 Å². The molecule has 1 aromatic carbocycles. The largest absolute Gasteiger partial charge is 0.317 e. The molecule has 0 amide bonds. The lowest BCUT2D eigenvalue weighted by atomic mass is 10.1. The van der Waals surface area contributed by atoms with Crippen molar-refractivity contribution in [3.8, 4) is 5.69 Å². The van der Waals surface area contributed by atoms with Crippen molar-refractivity contribution in [2.45, 2.75) is 25.4 Å². The van der Waals surface area contributed by atoms with Gasteiger partial charge in [-0.3, -0.25) is 4.90 Å². The number of hydrogen-bond acceptors (Lipinski definition) is 5. The van der Waals surface area contributed by atoms with Crippen molar-refractivity contribution in [2.24, 2.45) is 0 Å². The number of piperidine rings is 1. The summed E-state index contributed by atoms with van der Waals surface area (Å²) in [4.78, 5) is 2.35. The molecule has 1 fully saturated rings. The Morgan fingerprint density at radius 2 is 1.95 bits per heavy atom. The van der Waals surface area contributed by atoms with Crippen LogP contribution in [0.15, 0.2) is 30.3 Å². The molecule has 114 valence electrons. The van der Waals surface area contributed by atoms with E-state index in [2.05, 4.69) is 32.8 Å². The Bertz CT molecular complexity index is 537. The highest BCUT2D eigenvalue weighted by atomic mass is 35.5. The Hall–Kier alpha value is -1.50. The van der Waals surface area contributed by atoms with Crippen LogP contribution < -0.4 is 5.32 Å². The number of benzene rings is 1. The normalized spacial score (nSPS) is 15.9. The maximum Gasteiger partial charge on any atom is 0.170 e. The second kappa shape index (κ2) is 7.49. The molecule has 3 rings (SSSR count). The van der Waals surface area contributed by atoms with Crippen LogP contribution in [-0.2, 0) is 6.54 Å². The molecular formula is C14H21ClN6. The molecule has 1 aliphatic rings. The summed E-state index contributed by atoms with van der Waals surface area (Å²) in [5.74, 6) is 0.886.